The zero-order chi connectivity index (χ0) is 19.4. The van der Waals surface area contributed by atoms with Crippen LogP contribution in [0, 0.1) is 5.92 Å². The van der Waals surface area contributed by atoms with Crippen molar-refractivity contribution in [2.75, 3.05) is 36.4 Å². The summed E-state index contributed by atoms with van der Waals surface area (Å²) in [5, 5.41) is 9.82. The molecule has 2 fully saturated rings. The van der Waals surface area contributed by atoms with Gasteiger partial charge in [0.25, 0.3) is 0 Å². The third-order valence-corrected chi connectivity index (χ3v) is 4.80. The molecule has 1 atom stereocenters. The summed E-state index contributed by atoms with van der Waals surface area (Å²) >= 11 is 0. The first-order chi connectivity index (χ1) is 12.8. The number of hydrogen-bond donors (Lipinski definition) is 2. The molecular weight excluding hydrogens is 348 g/mol. The summed E-state index contributed by atoms with van der Waals surface area (Å²) in [5.41, 5.74) is -0.545. The monoisotopic (exact) mass is 378 g/mol. The number of H-pyrrole nitrogens is 1. The largest absolute Gasteiger partial charge is 0.444 e. The normalized spacial score (nSPS) is 21.1. The van der Waals surface area contributed by atoms with Crippen LogP contribution in [0.5, 0.6) is 0 Å². The van der Waals surface area contributed by atoms with Gasteiger partial charge in [-0.05, 0) is 52.9 Å². The van der Waals surface area contributed by atoms with Crippen molar-refractivity contribution >= 4 is 23.9 Å². The fourth-order valence-electron chi connectivity index (χ4n) is 3.45. The number of rotatable bonds is 3. The van der Waals surface area contributed by atoms with Gasteiger partial charge in [-0.15, -0.1) is 5.10 Å². The van der Waals surface area contributed by atoms with E-state index in [9.17, 15) is 9.59 Å². The molecule has 9 heteroatoms. The second-order valence-corrected chi connectivity index (χ2v) is 8.29. The number of aromatic amines is 1. The highest BCUT2D eigenvalue weighted by molar-refractivity contribution is 5.91. The number of nitrogens with one attached hydrogen (secondary N) is 2. The van der Waals surface area contributed by atoms with E-state index in [0.717, 1.165) is 38.8 Å². The van der Waals surface area contributed by atoms with Gasteiger partial charge in [0.2, 0.25) is 17.8 Å². The summed E-state index contributed by atoms with van der Waals surface area (Å²) in [6, 6.07) is 0. The Bertz CT molecular complexity index is 662. The van der Waals surface area contributed by atoms with Gasteiger partial charge in [0, 0.05) is 26.2 Å². The molecule has 0 spiro atoms. The number of piperidine rings is 2. The predicted octanol–water partition coefficient (Wildman–Crippen LogP) is 2.38. The highest BCUT2D eigenvalue weighted by atomic mass is 16.6. The smallest absolute Gasteiger partial charge is 0.410 e. The average Bonchev–Trinajstić information content (AvgIpc) is 3.09. The Morgan fingerprint density at radius 3 is 2.59 bits per heavy atom. The molecule has 2 amide bonds. The van der Waals surface area contributed by atoms with Gasteiger partial charge in [-0.2, -0.15) is 4.98 Å². The average molecular weight is 378 g/mol. The van der Waals surface area contributed by atoms with E-state index in [2.05, 4.69) is 25.4 Å². The summed E-state index contributed by atoms with van der Waals surface area (Å²) in [4.78, 5) is 33.0. The highest BCUT2D eigenvalue weighted by Crippen LogP contribution is 2.21. The minimum atomic E-state index is -0.545. The number of amides is 2. The van der Waals surface area contributed by atoms with E-state index in [-0.39, 0.29) is 17.9 Å². The summed E-state index contributed by atoms with van der Waals surface area (Å²) in [7, 11) is 0. The number of carbonyl (C=O) groups is 2. The highest BCUT2D eigenvalue weighted by Gasteiger charge is 2.31. The molecular formula is C18H30N6O3. The maximum absolute atomic E-state index is 12.6. The van der Waals surface area contributed by atoms with Crippen molar-refractivity contribution in [2.45, 2.75) is 58.5 Å². The molecule has 0 bridgehead atoms. The van der Waals surface area contributed by atoms with Crippen LogP contribution in [-0.2, 0) is 9.53 Å². The fraction of sp³-hybridized carbons (Fsp3) is 0.778. The third kappa shape index (κ3) is 5.33. The number of ether oxygens (including phenoxy) is 1. The van der Waals surface area contributed by atoms with Gasteiger partial charge in [0.1, 0.15) is 5.60 Å². The second kappa shape index (κ2) is 8.14. The van der Waals surface area contributed by atoms with Gasteiger partial charge in [0.05, 0.1) is 5.92 Å². The Hall–Kier alpha value is -2.32. The Morgan fingerprint density at radius 2 is 1.89 bits per heavy atom. The van der Waals surface area contributed by atoms with E-state index in [1.165, 1.54) is 6.42 Å². The van der Waals surface area contributed by atoms with E-state index in [0.29, 0.717) is 25.0 Å². The number of carbonyl (C=O) groups excluding carboxylic acids is 2. The van der Waals surface area contributed by atoms with Crippen molar-refractivity contribution < 1.29 is 14.3 Å². The first kappa shape index (κ1) is 19.4. The zero-order valence-corrected chi connectivity index (χ0v) is 16.5. The van der Waals surface area contributed by atoms with Crippen LogP contribution in [-0.4, -0.2) is 63.9 Å². The lowest BCUT2D eigenvalue weighted by atomic mass is 9.97. The molecule has 27 heavy (non-hydrogen) atoms. The van der Waals surface area contributed by atoms with Crippen molar-refractivity contribution in [3.63, 3.8) is 0 Å². The molecule has 0 saturated carbocycles. The molecule has 1 aromatic heterocycles. The predicted molar refractivity (Wildman–Crippen MR) is 102 cm³/mol. The van der Waals surface area contributed by atoms with Crippen LogP contribution >= 0.6 is 0 Å². The second-order valence-electron chi connectivity index (χ2n) is 8.29. The number of aromatic nitrogens is 3. The maximum atomic E-state index is 12.6. The van der Waals surface area contributed by atoms with Crippen LogP contribution in [0.1, 0.15) is 52.9 Å². The van der Waals surface area contributed by atoms with E-state index in [4.69, 9.17) is 4.74 Å². The van der Waals surface area contributed by atoms with Gasteiger partial charge in [0.15, 0.2) is 0 Å². The molecule has 0 aliphatic carbocycles. The van der Waals surface area contributed by atoms with Gasteiger partial charge in [-0.3, -0.25) is 10.1 Å². The minimum Gasteiger partial charge on any atom is -0.444 e. The Morgan fingerprint density at radius 1 is 1.15 bits per heavy atom. The van der Waals surface area contributed by atoms with Crippen molar-refractivity contribution in [1.82, 2.24) is 20.1 Å². The molecule has 2 aliphatic heterocycles. The van der Waals surface area contributed by atoms with Crippen molar-refractivity contribution in [1.29, 1.82) is 0 Å². The molecule has 0 aromatic carbocycles. The van der Waals surface area contributed by atoms with Crippen molar-refractivity contribution in [3.8, 4) is 0 Å². The van der Waals surface area contributed by atoms with Crippen LogP contribution in [0.4, 0.5) is 16.7 Å². The molecule has 3 rings (SSSR count). The number of likely N-dealkylation sites (tertiary alicyclic amines) is 1. The maximum Gasteiger partial charge on any atom is 0.410 e. The summed E-state index contributed by atoms with van der Waals surface area (Å²) < 4.78 is 5.42. The first-order valence-corrected chi connectivity index (χ1v) is 9.78. The van der Waals surface area contributed by atoms with Crippen LogP contribution < -0.4 is 10.2 Å². The van der Waals surface area contributed by atoms with E-state index >= 15 is 0 Å². The van der Waals surface area contributed by atoms with Crippen LogP contribution in [0.25, 0.3) is 0 Å². The molecule has 3 heterocycles. The van der Waals surface area contributed by atoms with Gasteiger partial charge < -0.3 is 14.5 Å². The van der Waals surface area contributed by atoms with Gasteiger partial charge in [-0.1, -0.05) is 0 Å². The molecule has 2 saturated heterocycles. The lowest BCUT2D eigenvalue weighted by Crippen LogP contribution is -2.45. The molecule has 1 aromatic rings. The van der Waals surface area contributed by atoms with Gasteiger partial charge in [-0.25, -0.2) is 9.89 Å². The van der Waals surface area contributed by atoms with Crippen LogP contribution in [0.3, 0.4) is 0 Å². The summed E-state index contributed by atoms with van der Waals surface area (Å²) in [6.45, 7) is 8.36. The Labute approximate surface area is 159 Å². The van der Waals surface area contributed by atoms with E-state index in [1.807, 2.05) is 20.8 Å². The number of anilines is 2. The van der Waals surface area contributed by atoms with E-state index < -0.39 is 5.60 Å². The SMILES string of the molecule is CC(C)(C)OC(=O)N1CCCC(C(=O)Nc2nc(N3CCCCC3)n[nH]2)C1. The van der Waals surface area contributed by atoms with E-state index in [1.54, 1.807) is 4.90 Å². The number of nitrogens with zero attached hydrogens (tertiary/aromatic N) is 4. The summed E-state index contributed by atoms with van der Waals surface area (Å²) in [5.74, 6) is 0.554. The first-order valence-electron chi connectivity index (χ1n) is 9.78. The summed E-state index contributed by atoms with van der Waals surface area (Å²) in [6.07, 6.45) is 4.65. The molecule has 0 radical (unpaired) electrons. The quantitative estimate of drug-likeness (QED) is 0.837. The number of hydrogen-bond acceptors (Lipinski definition) is 6. The molecule has 1 unspecified atom stereocenters. The molecule has 2 aliphatic rings. The molecule has 2 N–H and O–H groups in total. The third-order valence-electron chi connectivity index (χ3n) is 4.80. The lowest BCUT2D eigenvalue weighted by Gasteiger charge is -2.33. The lowest BCUT2D eigenvalue weighted by molar-refractivity contribution is -0.121. The van der Waals surface area contributed by atoms with Gasteiger partial charge >= 0.3 is 6.09 Å². The standard InChI is InChI=1S/C18H30N6O3/c1-18(2,3)27-17(26)24-11-7-8-13(12-24)14(25)19-15-20-16(22-21-15)23-9-5-4-6-10-23/h13H,4-12H2,1-3H3,(H2,19,20,21,22,25). The van der Waals surface area contributed by atoms with Crippen molar-refractivity contribution in [3.05, 3.63) is 0 Å². The topological polar surface area (TPSA) is 103 Å². The van der Waals surface area contributed by atoms with Crippen molar-refractivity contribution in [2.24, 2.45) is 5.92 Å². The zero-order valence-electron chi connectivity index (χ0n) is 16.5. The Balaban J connectivity index is 1.54. The van der Waals surface area contributed by atoms with Crippen LogP contribution in [0.15, 0.2) is 0 Å². The molecule has 9 nitrogen and oxygen atoms in total. The molecule has 150 valence electrons. The van der Waals surface area contributed by atoms with Crippen LogP contribution in [0.2, 0.25) is 0 Å². The fourth-order valence-corrected chi connectivity index (χ4v) is 3.45. The minimum absolute atomic E-state index is 0.149. The Kier molecular flexibility index (Phi) is 5.86.